The van der Waals surface area contributed by atoms with Crippen molar-refractivity contribution in [1.29, 1.82) is 0 Å². The summed E-state index contributed by atoms with van der Waals surface area (Å²) in [6.45, 7) is 6.04. The van der Waals surface area contributed by atoms with Gasteiger partial charge in [0.25, 0.3) is 0 Å². The molecule has 0 aromatic carbocycles. The molecule has 0 heterocycles. The molecule has 0 aliphatic carbocycles. The highest BCUT2D eigenvalue weighted by molar-refractivity contribution is 5.55. The molecule has 0 amide bonds. The van der Waals surface area contributed by atoms with Crippen LogP contribution in [0.3, 0.4) is 0 Å². The quantitative estimate of drug-likeness (QED) is 0.485. The Morgan fingerprint density at radius 2 is 2.12 bits per heavy atom. The van der Waals surface area contributed by atoms with E-state index in [1.54, 1.807) is 0 Å². The molecule has 1 heteroatoms. The molecule has 0 rings (SSSR count). The lowest BCUT2D eigenvalue weighted by Gasteiger charge is -1.89. The number of hydrogen-bond acceptors (Lipinski definition) is 1. The van der Waals surface area contributed by atoms with Crippen molar-refractivity contribution >= 4 is 6.21 Å². The first-order valence-electron chi connectivity index (χ1n) is 2.99. The average Bonchev–Trinajstić information content (AvgIpc) is 1.83. The Kier molecular flexibility index (Phi) is 4.23. The van der Waals surface area contributed by atoms with E-state index in [9.17, 15) is 0 Å². The SMILES string of the molecule is C/C=N\C(=C/C)CC. The van der Waals surface area contributed by atoms with Gasteiger partial charge in [-0.2, -0.15) is 0 Å². The lowest BCUT2D eigenvalue weighted by molar-refractivity contribution is 1.06. The lowest BCUT2D eigenvalue weighted by Crippen LogP contribution is -1.72. The molecule has 0 aliphatic rings. The van der Waals surface area contributed by atoms with Gasteiger partial charge < -0.3 is 0 Å². The fraction of sp³-hybridized carbons (Fsp3) is 0.571. The van der Waals surface area contributed by atoms with Crippen LogP contribution in [0.5, 0.6) is 0 Å². The van der Waals surface area contributed by atoms with Crippen molar-refractivity contribution in [3.05, 3.63) is 11.8 Å². The van der Waals surface area contributed by atoms with Gasteiger partial charge in [0.2, 0.25) is 0 Å². The number of aliphatic imine (C=N–C) groups is 1. The van der Waals surface area contributed by atoms with Crippen LogP contribution in [0.4, 0.5) is 0 Å². The van der Waals surface area contributed by atoms with E-state index in [2.05, 4.69) is 11.9 Å². The maximum Gasteiger partial charge on any atom is 0.0354 e. The monoisotopic (exact) mass is 111 g/mol. The molecule has 0 saturated heterocycles. The molecule has 0 aromatic rings. The van der Waals surface area contributed by atoms with Crippen molar-refractivity contribution in [2.75, 3.05) is 0 Å². The molecule has 46 valence electrons. The Bertz CT molecular complexity index is 98.2. The van der Waals surface area contributed by atoms with Crippen LogP contribution in [0.1, 0.15) is 27.2 Å². The highest BCUT2D eigenvalue weighted by atomic mass is 14.7. The second kappa shape index (κ2) is 4.57. The van der Waals surface area contributed by atoms with Gasteiger partial charge in [0.1, 0.15) is 0 Å². The molecule has 0 bridgehead atoms. The number of allylic oxidation sites excluding steroid dienone is 2. The third-order valence-corrected chi connectivity index (χ3v) is 0.990. The zero-order chi connectivity index (χ0) is 6.41. The normalized spacial score (nSPS) is 13.1. The molecule has 8 heavy (non-hydrogen) atoms. The maximum atomic E-state index is 4.10. The summed E-state index contributed by atoms with van der Waals surface area (Å²) in [6, 6.07) is 0. The summed E-state index contributed by atoms with van der Waals surface area (Å²) in [5, 5.41) is 0. The van der Waals surface area contributed by atoms with E-state index >= 15 is 0 Å². The topological polar surface area (TPSA) is 12.4 Å². The van der Waals surface area contributed by atoms with E-state index in [0.29, 0.717) is 0 Å². The Hall–Kier alpha value is -0.590. The molecular formula is C7H13N. The molecule has 0 atom stereocenters. The van der Waals surface area contributed by atoms with Gasteiger partial charge in [0.05, 0.1) is 0 Å². The summed E-state index contributed by atoms with van der Waals surface area (Å²) in [7, 11) is 0. The van der Waals surface area contributed by atoms with Gasteiger partial charge in [-0.1, -0.05) is 13.0 Å². The van der Waals surface area contributed by atoms with E-state index in [1.165, 1.54) is 0 Å². The minimum absolute atomic E-state index is 1.03. The van der Waals surface area contributed by atoms with Crippen molar-refractivity contribution < 1.29 is 0 Å². The van der Waals surface area contributed by atoms with Crippen LogP contribution in [-0.4, -0.2) is 6.21 Å². The summed E-state index contributed by atoms with van der Waals surface area (Å²) < 4.78 is 0. The summed E-state index contributed by atoms with van der Waals surface area (Å²) in [4.78, 5) is 4.10. The number of nitrogens with zero attached hydrogens (tertiary/aromatic N) is 1. The van der Waals surface area contributed by atoms with Crippen LogP contribution < -0.4 is 0 Å². The van der Waals surface area contributed by atoms with Crippen LogP contribution in [-0.2, 0) is 0 Å². The number of rotatable bonds is 2. The Labute approximate surface area is 51.1 Å². The maximum absolute atomic E-state index is 4.10. The molecule has 1 nitrogen and oxygen atoms in total. The van der Waals surface area contributed by atoms with Crippen LogP contribution in [0.15, 0.2) is 16.8 Å². The number of hydrogen-bond donors (Lipinski definition) is 0. The molecule has 0 spiro atoms. The third-order valence-electron chi connectivity index (χ3n) is 0.990. The zero-order valence-corrected chi connectivity index (χ0v) is 5.81. The van der Waals surface area contributed by atoms with Crippen molar-refractivity contribution in [1.82, 2.24) is 0 Å². The summed E-state index contributed by atoms with van der Waals surface area (Å²) in [5.41, 5.74) is 1.16. The van der Waals surface area contributed by atoms with Crippen molar-refractivity contribution in [2.24, 2.45) is 4.99 Å². The molecule has 0 fully saturated rings. The Balaban J connectivity index is 3.72. The standard InChI is InChI=1S/C7H13N/c1-4-7(5-2)8-6-3/h4,6H,5H2,1-3H3/b7-4-,8-6-. The molecule has 0 N–H and O–H groups in total. The summed E-state index contributed by atoms with van der Waals surface area (Å²) in [6.07, 6.45) is 4.87. The molecule has 0 saturated carbocycles. The minimum atomic E-state index is 1.03. The first kappa shape index (κ1) is 7.41. The van der Waals surface area contributed by atoms with Gasteiger partial charge in [-0.25, -0.2) is 0 Å². The van der Waals surface area contributed by atoms with Gasteiger partial charge in [-0.3, -0.25) is 4.99 Å². The predicted octanol–water partition coefficient (Wildman–Crippen LogP) is 2.39. The van der Waals surface area contributed by atoms with E-state index in [0.717, 1.165) is 12.1 Å². The van der Waals surface area contributed by atoms with Crippen molar-refractivity contribution in [2.45, 2.75) is 27.2 Å². The minimum Gasteiger partial charge on any atom is -0.266 e. The Morgan fingerprint density at radius 3 is 2.25 bits per heavy atom. The van der Waals surface area contributed by atoms with Gasteiger partial charge >= 0.3 is 0 Å². The van der Waals surface area contributed by atoms with Crippen LogP contribution in [0.25, 0.3) is 0 Å². The van der Waals surface area contributed by atoms with Crippen LogP contribution in [0, 0.1) is 0 Å². The molecule has 0 aliphatic heterocycles. The largest absolute Gasteiger partial charge is 0.266 e. The van der Waals surface area contributed by atoms with Crippen molar-refractivity contribution in [3.8, 4) is 0 Å². The molecule has 0 aromatic heterocycles. The third kappa shape index (κ3) is 2.56. The van der Waals surface area contributed by atoms with Crippen LogP contribution in [0.2, 0.25) is 0 Å². The van der Waals surface area contributed by atoms with Gasteiger partial charge in [0.15, 0.2) is 0 Å². The van der Waals surface area contributed by atoms with Gasteiger partial charge in [-0.15, -0.1) is 0 Å². The van der Waals surface area contributed by atoms with E-state index in [1.807, 2.05) is 26.1 Å². The fourth-order valence-electron chi connectivity index (χ4n) is 0.536. The van der Waals surface area contributed by atoms with Crippen LogP contribution >= 0.6 is 0 Å². The molecular weight excluding hydrogens is 98.1 g/mol. The molecule has 0 unspecified atom stereocenters. The summed E-state index contributed by atoms with van der Waals surface area (Å²) >= 11 is 0. The van der Waals surface area contributed by atoms with Gasteiger partial charge in [0, 0.05) is 11.9 Å². The first-order chi connectivity index (χ1) is 3.85. The zero-order valence-electron chi connectivity index (χ0n) is 5.81. The fourth-order valence-corrected chi connectivity index (χ4v) is 0.536. The highest BCUT2D eigenvalue weighted by Gasteiger charge is 1.80. The smallest absolute Gasteiger partial charge is 0.0354 e. The predicted molar refractivity (Wildman–Crippen MR) is 38.2 cm³/mol. The van der Waals surface area contributed by atoms with Gasteiger partial charge in [-0.05, 0) is 20.3 Å². The lowest BCUT2D eigenvalue weighted by atomic mass is 10.3. The van der Waals surface area contributed by atoms with E-state index < -0.39 is 0 Å². The van der Waals surface area contributed by atoms with Crippen molar-refractivity contribution in [3.63, 3.8) is 0 Å². The first-order valence-corrected chi connectivity index (χ1v) is 2.99. The average molecular weight is 111 g/mol. The summed E-state index contributed by atoms with van der Waals surface area (Å²) in [5.74, 6) is 0. The second-order valence-corrected chi connectivity index (χ2v) is 1.52. The second-order valence-electron chi connectivity index (χ2n) is 1.52. The molecule has 0 radical (unpaired) electrons. The van der Waals surface area contributed by atoms with E-state index in [4.69, 9.17) is 0 Å². The van der Waals surface area contributed by atoms with E-state index in [-0.39, 0.29) is 0 Å². The highest BCUT2D eigenvalue weighted by Crippen LogP contribution is 1.99. The Morgan fingerprint density at radius 1 is 1.50 bits per heavy atom.